The van der Waals surface area contributed by atoms with E-state index in [1.54, 1.807) is 13.0 Å². The van der Waals surface area contributed by atoms with Gasteiger partial charge in [-0.1, -0.05) is 12.1 Å². The topological polar surface area (TPSA) is 122 Å². The molecule has 0 aliphatic rings. The zero-order chi connectivity index (χ0) is 17.4. The molecule has 23 heavy (non-hydrogen) atoms. The van der Waals surface area contributed by atoms with E-state index < -0.39 is 23.2 Å². The zero-order valence-electron chi connectivity index (χ0n) is 12.9. The number of nitro benzene ring substituents is 1. The summed E-state index contributed by atoms with van der Waals surface area (Å²) in [6, 6.07) is 5.05. The summed E-state index contributed by atoms with van der Waals surface area (Å²) in [6.45, 7) is 2.84. The Bertz CT molecular complexity index is 575. The zero-order valence-corrected chi connectivity index (χ0v) is 12.9. The molecule has 0 saturated carbocycles. The lowest BCUT2D eigenvalue weighted by Gasteiger charge is -2.25. The van der Waals surface area contributed by atoms with E-state index in [1.807, 2.05) is 0 Å². The molecule has 1 aromatic rings. The molecule has 0 bridgehead atoms. The summed E-state index contributed by atoms with van der Waals surface area (Å²) in [4.78, 5) is 34.5. The van der Waals surface area contributed by atoms with Crippen LogP contribution in [0.5, 0.6) is 0 Å². The van der Waals surface area contributed by atoms with Crippen molar-refractivity contribution in [1.82, 2.24) is 10.2 Å². The Hall–Kier alpha value is -2.68. The number of non-ortho nitro benzene ring substituents is 1. The highest BCUT2D eigenvalue weighted by molar-refractivity contribution is 5.80. The quantitative estimate of drug-likeness (QED) is 0.334. The molecule has 9 nitrogen and oxygen atoms in total. The molecule has 126 valence electrons. The van der Waals surface area contributed by atoms with Crippen LogP contribution in [0.3, 0.4) is 0 Å². The monoisotopic (exact) mass is 325 g/mol. The molecule has 0 radical (unpaired) electrons. The van der Waals surface area contributed by atoms with Crippen LogP contribution >= 0.6 is 0 Å². The predicted octanol–water partition coefficient (Wildman–Crippen LogP) is 1.01. The smallest absolute Gasteiger partial charge is 0.325 e. The number of ether oxygens (including phenoxy) is 1. The molecule has 2 amide bonds. The van der Waals surface area contributed by atoms with Gasteiger partial charge >= 0.3 is 12.0 Å². The number of carbonyl (C=O) groups excluding carboxylic acids is 2. The van der Waals surface area contributed by atoms with Crippen molar-refractivity contribution in [3.05, 3.63) is 39.9 Å². The molecule has 0 heterocycles. The number of amides is 2. The molecule has 9 heteroatoms. The standard InChI is InChI=1S/C14H19N3O6/c1-3-23-13(19)8-15-14(20)16(10(2)18)9-11-5-4-6-12(7-11)17(21)22/h4-7,10,18H,3,8-9H2,1-2H3,(H,15,20). The third-order valence-corrected chi connectivity index (χ3v) is 2.88. The van der Waals surface area contributed by atoms with E-state index in [0.29, 0.717) is 5.56 Å². The number of nitro groups is 1. The second kappa shape index (κ2) is 8.69. The number of aliphatic hydroxyl groups is 1. The Kier molecular flexibility index (Phi) is 6.94. The molecule has 1 aromatic carbocycles. The Morgan fingerprint density at radius 2 is 2.17 bits per heavy atom. The van der Waals surface area contributed by atoms with E-state index in [9.17, 15) is 24.8 Å². The van der Waals surface area contributed by atoms with Crippen LogP contribution in [0.2, 0.25) is 0 Å². The highest BCUT2D eigenvalue weighted by Gasteiger charge is 2.20. The van der Waals surface area contributed by atoms with Crippen molar-refractivity contribution in [3.8, 4) is 0 Å². The fourth-order valence-corrected chi connectivity index (χ4v) is 1.80. The number of aliphatic hydroxyl groups excluding tert-OH is 1. The summed E-state index contributed by atoms with van der Waals surface area (Å²) in [5.74, 6) is -0.596. The van der Waals surface area contributed by atoms with Crippen molar-refractivity contribution in [1.29, 1.82) is 0 Å². The lowest BCUT2D eigenvalue weighted by Crippen LogP contribution is -2.46. The lowest BCUT2D eigenvalue weighted by molar-refractivity contribution is -0.384. The summed E-state index contributed by atoms with van der Waals surface area (Å²) in [5.41, 5.74) is 0.367. The molecule has 1 rings (SSSR count). The molecule has 0 aliphatic carbocycles. The maximum absolute atomic E-state index is 12.0. The Morgan fingerprint density at radius 3 is 2.74 bits per heavy atom. The first-order valence-electron chi connectivity index (χ1n) is 6.96. The number of hydrogen-bond acceptors (Lipinski definition) is 6. The number of nitrogens with one attached hydrogen (secondary N) is 1. The number of carbonyl (C=O) groups is 2. The highest BCUT2D eigenvalue weighted by Crippen LogP contribution is 2.15. The molecule has 0 spiro atoms. The van der Waals surface area contributed by atoms with Gasteiger partial charge < -0.3 is 15.2 Å². The summed E-state index contributed by atoms with van der Waals surface area (Å²) in [5, 5.41) is 22.8. The number of esters is 1. The van der Waals surface area contributed by atoms with Crippen molar-refractivity contribution in [2.75, 3.05) is 13.2 Å². The van der Waals surface area contributed by atoms with Gasteiger partial charge in [0.25, 0.3) is 5.69 Å². The van der Waals surface area contributed by atoms with Gasteiger partial charge in [-0.2, -0.15) is 0 Å². The fourth-order valence-electron chi connectivity index (χ4n) is 1.80. The van der Waals surface area contributed by atoms with Gasteiger partial charge in [-0.05, 0) is 19.4 Å². The number of hydrogen-bond donors (Lipinski definition) is 2. The summed E-state index contributed by atoms with van der Waals surface area (Å²) in [6.07, 6.45) is -1.14. The molecule has 0 aliphatic heterocycles. The van der Waals surface area contributed by atoms with Gasteiger partial charge in [-0.25, -0.2) is 4.79 Å². The van der Waals surface area contributed by atoms with Crippen LogP contribution in [0.15, 0.2) is 24.3 Å². The van der Waals surface area contributed by atoms with Crippen LogP contribution < -0.4 is 5.32 Å². The van der Waals surface area contributed by atoms with Gasteiger partial charge in [0.1, 0.15) is 12.8 Å². The van der Waals surface area contributed by atoms with Crippen molar-refractivity contribution in [3.63, 3.8) is 0 Å². The number of rotatable bonds is 7. The minimum absolute atomic E-state index is 0.0476. The van der Waals surface area contributed by atoms with Gasteiger partial charge in [-0.15, -0.1) is 0 Å². The number of nitrogens with zero attached hydrogens (tertiary/aromatic N) is 2. The summed E-state index contributed by atoms with van der Waals surface area (Å²) in [7, 11) is 0. The van der Waals surface area contributed by atoms with Crippen LogP contribution in [0.25, 0.3) is 0 Å². The van der Waals surface area contributed by atoms with Crippen molar-refractivity contribution < 1.29 is 24.4 Å². The second-order valence-corrected chi connectivity index (χ2v) is 4.65. The van der Waals surface area contributed by atoms with E-state index >= 15 is 0 Å². The van der Waals surface area contributed by atoms with Gasteiger partial charge in [0.2, 0.25) is 0 Å². The van der Waals surface area contributed by atoms with Crippen LogP contribution in [0, 0.1) is 10.1 Å². The normalized spacial score (nSPS) is 11.4. The minimum atomic E-state index is -1.14. The molecule has 0 aromatic heterocycles. The minimum Gasteiger partial charge on any atom is -0.465 e. The molecule has 0 saturated heterocycles. The molecule has 1 unspecified atom stereocenters. The van der Waals surface area contributed by atoms with Crippen molar-refractivity contribution >= 4 is 17.7 Å². The largest absolute Gasteiger partial charge is 0.465 e. The molecule has 2 N–H and O–H groups in total. The van der Waals surface area contributed by atoms with Gasteiger partial charge in [0.15, 0.2) is 0 Å². The predicted molar refractivity (Wildman–Crippen MR) is 80.4 cm³/mol. The summed E-state index contributed by atoms with van der Waals surface area (Å²) >= 11 is 0. The fraction of sp³-hybridized carbons (Fsp3) is 0.429. The van der Waals surface area contributed by atoms with Crippen LogP contribution in [-0.2, 0) is 16.1 Å². The first-order chi connectivity index (χ1) is 10.8. The van der Waals surface area contributed by atoms with Crippen LogP contribution in [0.1, 0.15) is 19.4 Å². The third kappa shape index (κ3) is 5.91. The molecular formula is C14H19N3O6. The highest BCUT2D eigenvalue weighted by atomic mass is 16.6. The van der Waals surface area contributed by atoms with Gasteiger partial charge in [0.05, 0.1) is 18.1 Å². The maximum Gasteiger partial charge on any atom is 0.325 e. The molecule has 1 atom stereocenters. The van der Waals surface area contributed by atoms with Gasteiger partial charge in [0, 0.05) is 12.1 Å². The van der Waals surface area contributed by atoms with E-state index in [0.717, 1.165) is 4.90 Å². The van der Waals surface area contributed by atoms with E-state index in [-0.39, 0.29) is 25.4 Å². The average molecular weight is 325 g/mol. The van der Waals surface area contributed by atoms with E-state index in [4.69, 9.17) is 0 Å². The number of benzene rings is 1. The first kappa shape index (κ1) is 18.4. The van der Waals surface area contributed by atoms with Gasteiger partial charge in [-0.3, -0.25) is 19.8 Å². The molecule has 0 fully saturated rings. The number of urea groups is 1. The maximum atomic E-state index is 12.0. The van der Waals surface area contributed by atoms with E-state index in [2.05, 4.69) is 10.1 Å². The Morgan fingerprint density at radius 1 is 1.48 bits per heavy atom. The average Bonchev–Trinajstić information content (AvgIpc) is 2.50. The van der Waals surface area contributed by atoms with Crippen LogP contribution in [0.4, 0.5) is 10.5 Å². The Labute approximate surface area is 133 Å². The lowest BCUT2D eigenvalue weighted by atomic mass is 10.2. The SMILES string of the molecule is CCOC(=O)CNC(=O)N(Cc1cccc([N+](=O)[O-])c1)C(C)O. The summed E-state index contributed by atoms with van der Waals surface area (Å²) < 4.78 is 4.68. The Balaban J connectivity index is 2.75. The molecular weight excluding hydrogens is 306 g/mol. The van der Waals surface area contributed by atoms with Crippen LogP contribution in [-0.4, -0.2) is 46.3 Å². The van der Waals surface area contributed by atoms with Crippen molar-refractivity contribution in [2.24, 2.45) is 0 Å². The van der Waals surface area contributed by atoms with E-state index in [1.165, 1.54) is 25.1 Å². The first-order valence-corrected chi connectivity index (χ1v) is 6.96. The third-order valence-electron chi connectivity index (χ3n) is 2.88. The second-order valence-electron chi connectivity index (χ2n) is 4.65. The van der Waals surface area contributed by atoms with Crippen molar-refractivity contribution in [2.45, 2.75) is 26.6 Å².